The Hall–Kier alpha value is -2.85. The molecule has 1 aliphatic rings. The van der Waals surface area contributed by atoms with Crippen molar-refractivity contribution >= 4 is 0 Å². The van der Waals surface area contributed by atoms with Crippen molar-refractivity contribution in [1.29, 1.82) is 0 Å². The first-order valence-corrected chi connectivity index (χ1v) is 9.43. The third-order valence-corrected chi connectivity index (χ3v) is 4.79. The van der Waals surface area contributed by atoms with Crippen LogP contribution in [0.5, 0.6) is 11.5 Å². The van der Waals surface area contributed by atoms with Gasteiger partial charge in [0.25, 0.3) is 0 Å². The van der Waals surface area contributed by atoms with Gasteiger partial charge in [-0.25, -0.2) is 0 Å². The molecule has 0 radical (unpaired) electrons. The molecule has 0 saturated carbocycles. The molecule has 3 aromatic rings. The van der Waals surface area contributed by atoms with E-state index in [0.717, 1.165) is 36.8 Å². The van der Waals surface area contributed by atoms with Crippen LogP contribution in [0.4, 0.5) is 0 Å². The molecule has 1 aliphatic heterocycles. The van der Waals surface area contributed by atoms with Crippen molar-refractivity contribution in [3.8, 4) is 22.6 Å². The van der Waals surface area contributed by atoms with Gasteiger partial charge in [-0.15, -0.1) is 0 Å². The second kappa shape index (κ2) is 8.23. The Balaban J connectivity index is 1.42. The molecule has 0 N–H and O–H groups in total. The Morgan fingerprint density at radius 3 is 2.56 bits per heavy atom. The molecule has 0 aliphatic carbocycles. The number of likely N-dealkylation sites (N-methyl/N-ethyl adjacent to an activating group) is 1. The number of benzene rings is 2. The van der Waals surface area contributed by atoms with Gasteiger partial charge in [-0.3, -0.25) is 9.88 Å². The predicted molar refractivity (Wildman–Crippen MR) is 107 cm³/mol. The van der Waals surface area contributed by atoms with Crippen molar-refractivity contribution in [2.75, 3.05) is 19.7 Å². The maximum absolute atomic E-state index is 6.11. The fourth-order valence-corrected chi connectivity index (χ4v) is 3.35. The van der Waals surface area contributed by atoms with Gasteiger partial charge >= 0.3 is 0 Å². The molecular weight excluding hydrogens is 336 g/mol. The first-order chi connectivity index (χ1) is 13.3. The Kier molecular flexibility index (Phi) is 5.35. The summed E-state index contributed by atoms with van der Waals surface area (Å²) < 4.78 is 11.9. The molecule has 2 aromatic carbocycles. The summed E-state index contributed by atoms with van der Waals surface area (Å²) in [5.74, 6) is 1.66. The van der Waals surface area contributed by atoms with E-state index in [0.29, 0.717) is 6.61 Å². The van der Waals surface area contributed by atoms with Gasteiger partial charge in [-0.1, -0.05) is 49.4 Å². The minimum Gasteiger partial charge on any atom is -0.486 e. The standard InChI is InChI=1S/C23H24N2O2/c1-2-25(16-21-17-26-22-10-6-7-11-23(22)27-21)15-20-14-19(12-13-24-20)18-8-4-3-5-9-18/h3-14,21H,2,15-17H2,1H3. The highest BCUT2D eigenvalue weighted by molar-refractivity contribution is 5.63. The summed E-state index contributed by atoms with van der Waals surface area (Å²) in [5.41, 5.74) is 3.47. The van der Waals surface area contributed by atoms with Gasteiger partial charge in [0.05, 0.1) is 5.69 Å². The second-order valence-corrected chi connectivity index (χ2v) is 6.73. The summed E-state index contributed by atoms with van der Waals surface area (Å²) in [7, 11) is 0. The zero-order valence-electron chi connectivity index (χ0n) is 15.5. The van der Waals surface area contributed by atoms with Gasteiger partial charge < -0.3 is 9.47 Å². The lowest BCUT2D eigenvalue weighted by atomic mass is 10.1. The molecule has 1 unspecified atom stereocenters. The first kappa shape index (κ1) is 17.6. The van der Waals surface area contributed by atoms with Crippen molar-refractivity contribution in [1.82, 2.24) is 9.88 Å². The van der Waals surface area contributed by atoms with Crippen LogP contribution in [-0.4, -0.2) is 35.7 Å². The van der Waals surface area contributed by atoms with Gasteiger partial charge in [-0.05, 0) is 41.9 Å². The molecule has 4 heteroatoms. The van der Waals surface area contributed by atoms with E-state index in [1.54, 1.807) is 0 Å². The van der Waals surface area contributed by atoms with E-state index >= 15 is 0 Å². The quantitative estimate of drug-likeness (QED) is 0.652. The minimum absolute atomic E-state index is 0.0251. The number of aromatic nitrogens is 1. The van der Waals surface area contributed by atoms with Crippen LogP contribution in [0.1, 0.15) is 12.6 Å². The van der Waals surface area contributed by atoms with Gasteiger partial charge in [-0.2, -0.15) is 0 Å². The zero-order chi connectivity index (χ0) is 18.5. The topological polar surface area (TPSA) is 34.6 Å². The van der Waals surface area contributed by atoms with Crippen LogP contribution >= 0.6 is 0 Å². The average Bonchev–Trinajstić information content (AvgIpc) is 2.74. The van der Waals surface area contributed by atoms with Crippen molar-refractivity contribution in [3.63, 3.8) is 0 Å². The molecule has 0 amide bonds. The number of fused-ring (bicyclic) bond motifs is 1. The van der Waals surface area contributed by atoms with E-state index < -0.39 is 0 Å². The Labute approximate surface area is 160 Å². The smallest absolute Gasteiger partial charge is 0.161 e. The molecule has 1 atom stereocenters. The van der Waals surface area contributed by atoms with E-state index in [4.69, 9.17) is 9.47 Å². The maximum atomic E-state index is 6.11. The monoisotopic (exact) mass is 360 g/mol. The normalized spacial score (nSPS) is 15.7. The van der Waals surface area contributed by atoms with Gasteiger partial charge in [0.1, 0.15) is 12.7 Å². The lowest BCUT2D eigenvalue weighted by Gasteiger charge is -2.30. The van der Waals surface area contributed by atoms with Crippen LogP contribution in [0.2, 0.25) is 0 Å². The van der Waals surface area contributed by atoms with Crippen LogP contribution in [0, 0.1) is 0 Å². The number of nitrogens with zero attached hydrogens (tertiary/aromatic N) is 2. The molecule has 1 aromatic heterocycles. The third kappa shape index (κ3) is 4.29. The molecular formula is C23H24N2O2. The number of hydrogen-bond acceptors (Lipinski definition) is 4. The predicted octanol–water partition coefficient (Wildman–Crippen LogP) is 4.41. The van der Waals surface area contributed by atoms with E-state index in [1.165, 1.54) is 11.1 Å². The second-order valence-electron chi connectivity index (χ2n) is 6.73. The number of rotatable bonds is 6. The SMILES string of the molecule is CCN(Cc1cc(-c2ccccc2)ccn1)CC1COc2ccccc2O1. The van der Waals surface area contributed by atoms with Crippen molar-refractivity contribution in [2.45, 2.75) is 19.6 Å². The highest BCUT2D eigenvalue weighted by Gasteiger charge is 2.22. The highest BCUT2D eigenvalue weighted by atomic mass is 16.6. The lowest BCUT2D eigenvalue weighted by Crippen LogP contribution is -2.40. The van der Waals surface area contributed by atoms with E-state index in [9.17, 15) is 0 Å². The fraction of sp³-hybridized carbons (Fsp3) is 0.261. The van der Waals surface area contributed by atoms with E-state index in [-0.39, 0.29) is 6.10 Å². The summed E-state index contributed by atoms with van der Waals surface area (Å²) in [6.45, 7) is 5.27. The van der Waals surface area contributed by atoms with Gasteiger partial charge in [0, 0.05) is 19.3 Å². The molecule has 138 valence electrons. The number of ether oxygens (including phenoxy) is 2. The Morgan fingerprint density at radius 1 is 0.963 bits per heavy atom. The molecule has 0 bridgehead atoms. The summed E-state index contributed by atoms with van der Waals surface area (Å²) in [6.07, 6.45) is 1.92. The molecule has 0 fully saturated rings. The largest absolute Gasteiger partial charge is 0.486 e. The molecule has 2 heterocycles. The molecule has 0 spiro atoms. The summed E-state index contributed by atoms with van der Waals surface area (Å²) >= 11 is 0. The fourth-order valence-electron chi connectivity index (χ4n) is 3.35. The molecule has 0 saturated heterocycles. The highest BCUT2D eigenvalue weighted by Crippen LogP contribution is 2.31. The van der Waals surface area contributed by atoms with Crippen LogP contribution in [0.25, 0.3) is 11.1 Å². The Morgan fingerprint density at radius 2 is 1.74 bits per heavy atom. The van der Waals surface area contributed by atoms with Gasteiger partial charge in [0.15, 0.2) is 11.5 Å². The molecule has 27 heavy (non-hydrogen) atoms. The van der Waals surface area contributed by atoms with Crippen molar-refractivity contribution in [3.05, 3.63) is 78.6 Å². The summed E-state index contributed by atoms with van der Waals surface area (Å²) in [4.78, 5) is 6.91. The average molecular weight is 360 g/mol. The van der Waals surface area contributed by atoms with Crippen LogP contribution in [0.15, 0.2) is 72.9 Å². The van der Waals surface area contributed by atoms with E-state index in [1.807, 2.05) is 36.5 Å². The summed E-state index contributed by atoms with van der Waals surface area (Å²) in [5, 5.41) is 0. The third-order valence-electron chi connectivity index (χ3n) is 4.79. The maximum Gasteiger partial charge on any atom is 0.161 e. The lowest BCUT2D eigenvalue weighted by molar-refractivity contribution is 0.0577. The van der Waals surface area contributed by atoms with Crippen molar-refractivity contribution in [2.24, 2.45) is 0 Å². The van der Waals surface area contributed by atoms with Crippen LogP contribution in [0.3, 0.4) is 0 Å². The van der Waals surface area contributed by atoms with Crippen molar-refractivity contribution < 1.29 is 9.47 Å². The number of pyridine rings is 1. The first-order valence-electron chi connectivity index (χ1n) is 9.43. The molecule has 4 nitrogen and oxygen atoms in total. The van der Waals surface area contributed by atoms with E-state index in [2.05, 4.69) is 53.2 Å². The zero-order valence-corrected chi connectivity index (χ0v) is 15.5. The number of hydrogen-bond donors (Lipinski definition) is 0. The summed E-state index contributed by atoms with van der Waals surface area (Å²) in [6, 6.07) is 22.5. The molecule has 4 rings (SSSR count). The van der Waals surface area contributed by atoms with Crippen LogP contribution in [-0.2, 0) is 6.54 Å². The minimum atomic E-state index is 0.0251. The number of para-hydroxylation sites is 2. The van der Waals surface area contributed by atoms with Crippen LogP contribution < -0.4 is 9.47 Å². The van der Waals surface area contributed by atoms with Gasteiger partial charge in [0.2, 0.25) is 0 Å². The Bertz CT molecular complexity index is 882.